The lowest BCUT2D eigenvalue weighted by molar-refractivity contribution is -0.117. The first kappa shape index (κ1) is 34.8. The van der Waals surface area contributed by atoms with Gasteiger partial charge in [0.2, 0.25) is 6.41 Å². The maximum Gasteiger partial charge on any atom is 0.257 e. The van der Waals surface area contributed by atoms with Crippen LogP contribution in [0.25, 0.3) is 0 Å². The molecule has 0 N–H and O–H groups in total. The second kappa shape index (κ2) is 15.7. The predicted molar refractivity (Wildman–Crippen MR) is 196 cm³/mol. The van der Waals surface area contributed by atoms with E-state index in [1.54, 1.807) is 25.2 Å². The van der Waals surface area contributed by atoms with Gasteiger partial charge < -0.3 is 33.6 Å². The third-order valence-electron chi connectivity index (χ3n) is 9.68. The molecule has 264 valence electrons. The average molecular weight is 682 g/mol. The van der Waals surface area contributed by atoms with Gasteiger partial charge in [0.15, 0.2) is 23.0 Å². The smallest absolute Gasteiger partial charge is 0.257 e. The SMILES string of the molecule is COc1cc2c(cc1OCCCCCOc1cc(/N=C\C3CCCN3C=O)c(C)cc1OC)N=CC1Cc3ccc(N(C)C)cc3CN1C2=O. The molecule has 2 unspecified atom stereocenters. The molecule has 2 atom stereocenters. The molecular weight excluding hydrogens is 634 g/mol. The molecule has 0 aliphatic carbocycles. The first-order valence-electron chi connectivity index (χ1n) is 17.4. The molecule has 0 bridgehead atoms. The summed E-state index contributed by atoms with van der Waals surface area (Å²) in [6, 6.07) is 13.8. The fourth-order valence-corrected chi connectivity index (χ4v) is 6.73. The minimum atomic E-state index is -0.115. The third-order valence-corrected chi connectivity index (χ3v) is 9.68. The molecule has 0 radical (unpaired) electrons. The lowest BCUT2D eigenvalue weighted by Crippen LogP contribution is -2.44. The van der Waals surface area contributed by atoms with Crippen molar-refractivity contribution in [3.8, 4) is 23.0 Å². The number of rotatable bonds is 14. The number of carbonyl (C=O) groups excluding carboxylic acids is 2. The van der Waals surface area contributed by atoms with Gasteiger partial charge in [0.25, 0.3) is 5.91 Å². The molecule has 2 amide bonds. The summed E-state index contributed by atoms with van der Waals surface area (Å²) < 4.78 is 23.5. The number of aliphatic imine (C=N–C) groups is 2. The van der Waals surface area contributed by atoms with Crippen molar-refractivity contribution in [3.05, 3.63) is 64.7 Å². The second-order valence-corrected chi connectivity index (χ2v) is 13.2. The van der Waals surface area contributed by atoms with Gasteiger partial charge >= 0.3 is 0 Å². The number of fused-ring (bicyclic) bond motifs is 3. The number of unbranched alkanes of at least 4 members (excludes halogenated alkanes) is 2. The van der Waals surface area contributed by atoms with Crippen LogP contribution < -0.4 is 23.8 Å². The van der Waals surface area contributed by atoms with Gasteiger partial charge in [-0.25, -0.2) is 0 Å². The maximum absolute atomic E-state index is 13.8. The van der Waals surface area contributed by atoms with Crippen molar-refractivity contribution in [2.24, 2.45) is 9.98 Å². The molecule has 3 aromatic rings. The van der Waals surface area contributed by atoms with Gasteiger partial charge in [-0.15, -0.1) is 0 Å². The number of amides is 2. The quantitative estimate of drug-likeness (QED) is 0.112. The van der Waals surface area contributed by atoms with Gasteiger partial charge in [-0.1, -0.05) is 6.07 Å². The Hall–Kier alpha value is -5.06. The van der Waals surface area contributed by atoms with Crippen LogP contribution in [-0.4, -0.2) is 94.7 Å². The fourth-order valence-electron chi connectivity index (χ4n) is 6.73. The summed E-state index contributed by atoms with van der Waals surface area (Å²) in [6.07, 6.45) is 9.79. The van der Waals surface area contributed by atoms with E-state index in [0.29, 0.717) is 54.0 Å². The Kier molecular flexibility index (Phi) is 10.9. The number of hydrogen-bond donors (Lipinski definition) is 0. The summed E-state index contributed by atoms with van der Waals surface area (Å²) in [5.41, 5.74) is 6.40. The van der Waals surface area contributed by atoms with E-state index in [1.807, 2.05) is 56.5 Å². The van der Waals surface area contributed by atoms with Crippen molar-refractivity contribution in [1.29, 1.82) is 0 Å². The van der Waals surface area contributed by atoms with E-state index >= 15 is 0 Å². The van der Waals surface area contributed by atoms with Crippen molar-refractivity contribution in [2.75, 3.05) is 53.0 Å². The van der Waals surface area contributed by atoms with E-state index in [2.05, 4.69) is 28.1 Å². The fraction of sp³-hybridized carbons (Fsp3) is 0.436. The highest BCUT2D eigenvalue weighted by atomic mass is 16.5. The number of anilines is 1. The Labute approximate surface area is 294 Å². The standard InChI is InChI=1S/C39H47N5O6/c1-26-16-35(47-4)37(20-33(26)40-22-30-10-9-13-43(30)25-45)49-14-7-6-8-15-50-38-21-34-32(19-36(38)48-5)39(46)44-24-28-18-29(42(2)3)12-11-27(28)17-31(44)23-41-34/h11-12,16,18-23,25,30-31H,6-10,13-15,17,24H2,1-5H3/b40-22-. The second-order valence-electron chi connectivity index (χ2n) is 13.2. The number of hydrogen-bond acceptors (Lipinski definition) is 9. The van der Waals surface area contributed by atoms with Gasteiger partial charge in [0.05, 0.1) is 56.5 Å². The van der Waals surface area contributed by atoms with Gasteiger partial charge in [-0.05, 0) is 86.4 Å². The zero-order valence-electron chi connectivity index (χ0n) is 29.7. The highest BCUT2D eigenvalue weighted by Crippen LogP contribution is 2.39. The van der Waals surface area contributed by atoms with E-state index in [4.69, 9.17) is 23.9 Å². The molecule has 3 heterocycles. The molecule has 0 spiro atoms. The predicted octanol–water partition coefficient (Wildman–Crippen LogP) is 6.31. The van der Waals surface area contributed by atoms with Crippen molar-refractivity contribution < 1.29 is 28.5 Å². The zero-order valence-corrected chi connectivity index (χ0v) is 29.7. The first-order chi connectivity index (χ1) is 24.3. The van der Waals surface area contributed by atoms with E-state index in [9.17, 15) is 9.59 Å². The molecule has 0 saturated carbocycles. The third kappa shape index (κ3) is 7.56. The number of carbonyl (C=O) groups is 2. The Morgan fingerprint density at radius 1 is 0.940 bits per heavy atom. The minimum Gasteiger partial charge on any atom is -0.493 e. The van der Waals surface area contributed by atoms with Gasteiger partial charge in [0, 0.05) is 57.4 Å². The molecule has 3 aromatic carbocycles. The number of nitrogens with zero attached hydrogens (tertiary/aromatic N) is 5. The number of ether oxygens (including phenoxy) is 4. The molecule has 3 aliphatic rings. The first-order valence-corrected chi connectivity index (χ1v) is 17.4. The molecule has 50 heavy (non-hydrogen) atoms. The summed E-state index contributed by atoms with van der Waals surface area (Å²) in [5.74, 6) is 2.32. The van der Waals surface area contributed by atoms with Crippen LogP contribution in [0.15, 0.2) is 52.4 Å². The Balaban J connectivity index is 1.02. The molecule has 1 fully saturated rings. The van der Waals surface area contributed by atoms with Crippen LogP contribution >= 0.6 is 0 Å². The summed E-state index contributed by atoms with van der Waals surface area (Å²) in [6.45, 7) is 4.28. The number of methoxy groups -OCH3 is 2. The normalized spacial score (nSPS) is 18.0. The largest absolute Gasteiger partial charge is 0.493 e. The molecule has 3 aliphatic heterocycles. The van der Waals surface area contributed by atoms with Crippen LogP contribution in [0, 0.1) is 6.92 Å². The van der Waals surface area contributed by atoms with Crippen LogP contribution in [0.2, 0.25) is 0 Å². The van der Waals surface area contributed by atoms with E-state index in [0.717, 1.165) is 74.0 Å². The minimum absolute atomic E-state index is 0.0273. The molecule has 11 heteroatoms. The topological polar surface area (TPSA) is 106 Å². The van der Waals surface area contributed by atoms with Gasteiger partial charge in [-0.2, -0.15) is 0 Å². The van der Waals surface area contributed by atoms with E-state index in [1.165, 1.54) is 5.56 Å². The monoisotopic (exact) mass is 681 g/mol. The van der Waals surface area contributed by atoms with Crippen LogP contribution in [0.1, 0.15) is 59.2 Å². The highest BCUT2D eigenvalue weighted by molar-refractivity contribution is 6.03. The lowest BCUT2D eigenvalue weighted by Gasteiger charge is -2.34. The Morgan fingerprint density at radius 3 is 2.40 bits per heavy atom. The molecule has 1 saturated heterocycles. The highest BCUT2D eigenvalue weighted by Gasteiger charge is 2.33. The number of likely N-dealkylation sites (tertiary alicyclic amines) is 1. The zero-order chi connectivity index (χ0) is 35.2. The summed E-state index contributed by atoms with van der Waals surface area (Å²) in [7, 11) is 7.26. The molecule has 11 nitrogen and oxygen atoms in total. The maximum atomic E-state index is 13.8. The van der Waals surface area contributed by atoms with Crippen molar-refractivity contribution in [2.45, 2.75) is 64.1 Å². The van der Waals surface area contributed by atoms with Crippen LogP contribution in [0.4, 0.5) is 17.1 Å². The van der Waals surface area contributed by atoms with E-state index in [-0.39, 0.29) is 18.0 Å². The molecule has 6 rings (SSSR count). The van der Waals surface area contributed by atoms with Gasteiger partial charge in [-0.3, -0.25) is 19.6 Å². The van der Waals surface area contributed by atoms with Crippen LogP contribution in [-0.2, 0) is 17.8 Å². The molecule has 0 aromatic heterocycles. The van der Waals surface area contributed by atoms with E-state index < -0.39 is 0 Å². The van der Waals surface area contributed by atoms with Gasteiger partial charge in [0.1, 0.15) is 0 Å². The summed E-state index contributed by atoms with van der Waals surface area (Å²) in [4.78, 5) is 40.3. The van der Waals surface area contributed by atoms with Crippen LogP contribution in [0.3, 0.4) is 0 Å². The average Bonchev–Trinajstić information content (AvgIpc) is 3.55. The van der Waals surface area contributed by atoms with Crippen molar-refractivity contribution >= 4 is 41.8 Å². The number of benzene rings is 3. The van der Waals surface area contributed by atoms with Crippen molar-refractivity contribution in [3.63, 3.8) is 0 Å². The lowest BCUT2D eigenvalue weighted by atomic mass is 9.93. The Morgan fingerprint density at radius 2 is 1.68 bits per heavy atom. The van der Waals surface area contributed by atoms with Crippen molar-refractivity contribution in [1.82, 2.24) is 9.80 Å². The summed E-state index contributed by atoms with van der Waals surface area (Å²) >= 11 is 0. The van der Waals surface area contributed by atoms with Crippen LogP contribution in [0.5, 0.6) is 23.0 Å². The molecular formula is C39H47N5O6. The number of aryl methyl sites for hydroxylation is 1. The Bertz CT molecular complexity index is 1770. The summed E-state index contributed by atoms with van der Waals surface area (Å²) in [5, 5.41) is 0.